The number of aromatic nitrogens is 3. The van der Waals surface area contributed by atoms with Crippen LogP contribution in [0.15, 0.2) is 87.5 Å². The molecule has 0 fully saturated rings. The monoisotopic (exact) mass is 551 g/mol. The van der Waals surface area contributed by atoms with Crippen LogP contribution in [0, 0.1) is 0 Å². The molecule has 4 rings (SSSR count). The molecule has 0 aliphatic heterocycles. The second-order valence-electron chi connectivity index (χ2n) is 7.18. The molecule has 1 heterocycles. The van der Waals surface area contributed by atoms with Crippen molar-refractivity contribution in [2.24, 2.45) is 5.10 Å². The average Bonchev–Trinajstić information content (AvgIpc) is 3.32. The van der Waals surface area contributed by atoms with Crippen molar-refractivity contribution < 1.29 is 14.3 Å². The predicted octanol–water partition coefficient (Wildman–Crippen LogP) is 4.96. The fraction of sp³-hybridized carbons (Fsp3) is 0.120. The number of rotatable bonds is 9. The molecule has 0 bridgehead atoms. The lowest BCUT2D eigenvalue weighted by Crippen LogP contribution is -2.20. The number of thioether (sulfide) groups is 1. The number of carbonyl (C=O) groups excluding carboxylic acids is 1. The first-order valence-corrected chi connectivity index (χ1v) is 12.3. The van der Waals surface area contributed by atoms with Gasteiger partial charge in [0.15, 0.2) is 11.0 Å². The smallest absolute Gasteiger partial charge is 0.250 e. The molecule has 0 saturated heterocycles. The van der Waals surface area contributed by atoms with Gasteiger partial charge in [-0.2, -0.15) is 5.10 Å². The maximum Gasteiger partial charge on any atom is 0.250 e. The summed E-state index contributed by atoms with van der Waals surface area (Å²) in [5.41, 5.74) is 5.15. The molecular formula is C25H22BrN5O3S. The molecule has 1 amide bonds. The van der Waals surface area contributed by atoms with Crippen molar-refractivity contribution in [3.63, 3.8) is 0 Å². The number of carbonyl (C=O) groups is 1. The molecule has 8 nitrogen and oxygen atoms in total. The number of hydrazone groups is 1. The quantitative estimate of drug-likeness (QED) is 0.180. The van der Waals surface area contributed by atoms with Gasteiger partial charge in [0.05, 0.1) is 30.7 Å². The van der Waals surface area contributed by atoms with Gasteiger partial charge in [0.25, 0.3) is 5.91 Å². The number of methoxy groups -OCH3 is 2. The van der Waals surface area contributed by atoms with Crippen LogP contribution in [0.1, 0.15) is 5.56 Å². The minimum Gasteiger partial charge on any atom is -0.497 e. The Kier molecular flexibility index (Phi) is 8.17. The fourth-order valence-electron chi connectivity index (χ4n) is 3.20. The van der Waals surface area contributed by atoms with Gasteiger partial charge in [-0.15, -0.1) is 10.2 Å². The molecule has 0 unspecified atom stereocenters. The topological polar surface area (TPSA) is 90.6 Å². The van der Waals surface area contributed by atoms with E-state index in [9.17, 15) is 4.79 Å². The van der Waals surface area contributed by atoms with Gasteiger partial charge in [-0.05, 0) is 76.1 Å². The number of amides is 1. The van der Waals surface area contributed by atoms with Crippen LogP contribution in [0.25, 0.3) is 17.1 Å². The van der Waals surface area contributed by atoms with E-state index in [1.165, 1.54) is 11.8 Å². The van der Waals surface area contributed by atoms with Crippen molar-refractivity contribution >= 4 is 39.8 Å². The third-order valence-electron chi connectivity index (χ3n) is 4.91. The molecule has 0 aliphatic rings. The van der Waals surface area contributed by atoms with Crippen LogP contribution in [0.4, 0.5) is 0 Å². The van der Waals surface area contributed by atoms with Crippen LogP contribution >= 0.6 is 27.7 Å². The molecule has 0 saturated carbocycles. The molecule has 10 heteroatoms. The summed E-state index contributed by atoms with van der Waals surface area (Å²) in [6, 6.07) is 22.9. The van der Waals surface area contributed by atoms with E-state index in [-0.39, 0.29) is 11.7 Å². The number of hydrogen-bond donors (Lipinski definition) is 1. The van der Waals surface area contributed by atoms with Gasteiger partial charge in [0.2, 0.25) is 0 Å². The molecule has 0 aliphatic carbocycles. The van der Waals surface area contributed by atoms with E-state index in [0.29, 0.717) is 11.0 Å². The first kappa shape index (κ1) is 24.5. The molecule has 0 radical (unpaired) electrons. The van der Waals surface area contributed by atoms with Crippen LogP contribution in [0.2, 0.25) is 0 Å². The van der Waals surface area contributed by atoms with Crippen molar-refractivity contribution in [2.75, 3.05) is 20.0 Å². The van der Waals surface area contributed by atoms with E-state index < -0.39 is 0 Å². The van der Waals surface area contributed by atoms with Crippen molar-refractivity contribution in [1.29, 1.82) is 0 Å². The third-order valence-corrected chi connectivity index (χ3v) is 6.46. The van der Waals surface area contributed by atoms with Gasteiger partial charge in [0, 0.05) is 11.3 Å². The second-order valence-corrected chi connectivity index (χ2v) is 8.98. The van der Waals surface area contributed by atoms with Crippen LogP contribution in [-0.2, 0) is 4.79 Å². The van der Waals surface area contributed by atoms with Gasteiger partial charge < -0.3 is 9.47 Å². The van der Waals surface area contributed by atoms with Crippen molar-refractivity contribution in [1.82, 2.24) is 20.2 Å². The Morgan fingerprint density at radius 3 is 2.51 bits per heavy atom. The number of para-hydroxylation sites is 1. The highest BCUT2D eigenvalue weighted by atomic mass is 79.9. The molecular weight excluding hydrogens is 530 g/mol. The highest BCUT2D eigenvalue weighted by Gasteiger charge is 2.17. The molecule has 1 aromatic heterocycles. The largest absolute Gasteiger partial charge is 0.497 e. The Bertz CT molecular complexity index is 1330. The normalized spacial score (nSPS) is 10.9. The first-order chi connectivity index (χ1) is 17.1. The Labute approximate surface area is 215 Å². The van der Waals surface area contributed by atoms with E-state index >= 15 is 0 Å². The minimum absolute atomic E-state index is 0.122. The SMILES string of the molecule is COc1ccc(-c2nnc(SCC(=O)N/N=C/c3ccc(OC)c(Br)c3)n2-c2ccccc2)cc1. The molecule has 3 aromatic carbocycles. The number of ether oxygens (including phenoxy) is 2. The number of benzene rings is 3. The summed E-state index contributed by atoms with van der Waals surface area (Å²) >= 11 is 4.71. The van der Waals surface area contributed by atoms with E-state index in [2.05, 4.69) is 36.7 Å². The zero-order chi connectivity index (χ0) is 24.6. The molecule has 1 N–H and O–H groups in total. The summed E-state index contributed by atoms with van der Waals surface area (Å²) in [5.74, 6) is 2.02. The van der Waals surface area contributed by atoms with E-state index in [1.807, 2.05) is 77.4 Å². The summed E-state index contributed by atoms with van der Waals surface area (Å²) in [6.07, 6.45) is 1.57. The molecule has 35 heavy (non-hydrogen) atoms. The Hall–Kier alpha value is -3.63. The van der Waals surface area contributed by atoms with Gasteiger partial charge in [-0.1, -0.05) is 30.0 Å². The summed E-state index contributed by atoms with van der Waals surface area (Å²) in [5, 5.41) is 13.4. The lowest BCUT2D eigenvalue weighted by atomic mass is 10.2. The van der Waals surface area contributed by atoms with Gasteiger partial charge in [0.1, 0.15) is 11.5 Å². The van der Waals surface area contributed by atoms with Crippen LogP contribution in [0.5, 0.6) is 11.5 Å². The number of hydrogen-bond acceptors (Lipinski definition) is 7. The molecule has 0 spiro atoms. The van der Waals surface area contributed by atoms with Crippen LogP contribution < -0.4 is 14.9 Å². The van der Waals surface area contributed by atoms with Crippen LogP contribution in [-0.4, -0.2) is 46.9 Å². The molecule has 0 atom stereocenters. The zero-order valence-corrected chi connectivity index (χ0v) is 21.4. The predicted molar refractivity (Wildman–Crippen MR) is 141 cm³/mol. The van der Waals surface area contributed by atoms with Gasteiger partial charge in [-0.25, -0.2) is 5.43 Å². The standard InChI is InChI=1S/C25H22BrN5O3S/c1-33-20-11-9-18(10-12-20)24-29-30-25(31(24)19-6-4-3-5-7-19)35-16-23(32)28-27-15-17-8-13-22(34-2)21(26)14-17/h3-15H,16H2,1-2H3,(H,28,32)/b27-15+. The van der Waals surface area contributed by atoms with E-state index in [4.69, 9.17) is 9.47 Å². The summed E-state index contributed by atoms with van der Waals surface area (Å²) < 4.78 is 13.2. The fourth-order valence-corrected chi connectivity index (χ4v) is 4.51. The Morgan fingerprint density at radius 1 is 1.06 bits per heavy atom. The van der Waals surface area contributed by atoms with Crippen LogP contribution in [0.3, 0.4) is 0 Å². The Morgan fingerprint density at radius 2 is 1.83 bits per heavy atom. The lowest BCUT2D eigenvalue weighted by Gasteiger charge is -2.10. The minimum atomic E-state index is -0.257. The average molecular weight is 552 g/mol. The third kappa shape index (κ3) is 6.09. The highest BCUT2D eigenvalue weighted by Crippen LogP contribution is 2.29. The van der Waals surface area contributed by atoms with Crippen molar-refractivity contribution in [3.8, 4) is 28.6 Å². The maximum absolute atomic E-state index is 12.4. The summed E-state index contributed by atoms with van der Waals surface area (Å²) in [6.45, 7) is 0. The number of halogens is 1. The second kappa shape index (κ2) is 11.7. The van der Waals surface area contributed by atoms with Gasteiger partial charge in [-0.3, -0.25) is 9.36 Å². The maximum atomic E-state index is 12.4. The molecule has 4 aromatic rings. The number of nitrogens with zero attached hydrogens (tertiary/aromatic N) is 4. The summed E-state index contributed by atoms with van der Waals surface area (Å²) in [7, 11) is 3.23. The molecule has 178 valence electrons. The number of nitrogens with one attached hydrogen (secondary N) is 1. The first-order valence-electron chi connectivity index (χ1n) is 10.5. The van der Waals surface area contributed by atoms with Crippen molar-refractivity contribution in [2.45, 2.75) is 5.16 Å². The van der Waals surface area contributed by atoms with E-state index in [1.54, 1.807) is 20.4 Å². The summed E-state index contributed by atoms with van der Waals surface area (Å²) in [4.78, 5) is 12.4. The zero-order valence-electron chi connectivity index (χ0n) is 19.0. The van der Waals surface area contributed by atoms with E-state index in [0.717, 1.165) is 32.8 Å². The lowest BCUT2D eigenvalue weighted by molar-refractivity contribution is -0.118. The van der Waals surface area contributed by atoms with Crippen molar-refractivity contribution in [3.05, 3.63) is 82.8 Å². The highest BCUT2D eigenvalue weighted by molar-refractivity contribution is 9.10. The van der Waals surface area contributed by atoms with Gasteiger partial charge >= 0.3 is 0 Å². The Balaban J connectivity index is 1.47.